The smallest absolute Gasteiger partial charge is 0.323 e. The summed E-state index contributed by atoms with van der Waals surface area (Å²) in [7, 11) is 1.60. The molecular weight excluding hydrogens is 450 g/mol. The number of ether oxygens (including phenoxy) is 1. The summed E-state index contributed by atoms with van der Waals surface area (Å²) in [6.45, 7) is 3.75. The molecule has 9 nitrogen and oxygen atoms in total. The minimum absolute atomic E-state index is 0.247. The van der Waals surface area contributed by atoms with Gasteiger partial charge in [-0.15, -0.1) is 4.80 Å². The lowest BCUT2D eigenvalue weighted by atomic mass is 10.1. The van der Waals surface area contributed by atoms with Gasteiger partial charge in [0, 0.05) is 17.1 Å². The molecule has 2 N–H and O–H groups in total. The van der Waals surface area contributed by atoms with Crippen molar-refractivity contribution < 1.29 is 9.53 Å². The lowest BCUT2D eigenvalue weighted by molar-refractivity contribution is 0.119. The van der Waals surface area contributed by atoms with Gasteiger partial charge in [0.15, 0.2) is 5.82 Å². The van der Waals surface area contributed by atoms with Gasteiger partial charge in [-0.05, 0) is 35.8 Å². The van der Waals surface area contributed by atoms with E-state index in [0.717, 1.165) is 15.7 Å². The number of carbonyl (C=O) groups is 1. The van der Waals surface area contributed by atoms with Gasteiger partial charge in [-0.3, -0.25) is 4.98 Å². The fourth-order valence-corrected chi connectivity index (χ4v) is 3.35. The topological polar surface area (TPSA) is 107 Å². The van der Waals surface area contributed by atoms with Gasteiger partial charge in [0.25, 0.3) is 0 Å². The number of nitrogens with one attached hydrogen (secondary N) is 2. The maximum Gasteiger partial charge on any atom is 0.323 e. The Morgan fingerprint density at radius 2 is 1.96 bits per heavy atom. The number of pyridine rings is 2. The minimum atomic E-state index is -0.468. The molecule has 1 atom stereocenters. The highest BCUT2D eigenvalue weighted by Gasteiger charge is 2.18. The van der Waals surface area contributed by atoms with Crippen molar-refractivity contribution in [1.82, 2.24) is 25.0 Å². The van der Waals surface area contributed by atoms with Crippen molar-refractivity contribution in [3.8, 4) is 5.82 Å². The molecule has 3 aromatic rings. The molecule has 0 aliphatic rings. The number of urea groups is 1. The standard InChI is InChI=1S/C17H17BrClN7O2/c1-9-15(18)14(10(2)28-3)13(8-20-9)25-17(27)24-11-6-12(19)16(21-7-11)26-22-4-5-23-26/h4-8,10H,1-3H3,(H2,24,25,27)/t10-/m0/s1. The molecule has 146 valence electrons. The quantitative estimate of drug-likeness (QED) is 0.585. The van der Waals surface area contributed by atoms with Gasteiger partial charge in [0.05, 0.1) is 53.0 Å². The number of nitrogens with zero attached hydrogens (tertiary/aromatic N) is 5. The van der Waals surface area contributed by atoms with Crippen LogP contribution in [0.25, 0.3) is 5.82 Å². The molecule has 0 spiro atoms. The molecule has 3 rings (SSSR count). The number of aryl methyl sites for hydroxylation is 1. The third-order valence-electron chi connectivity index (χ3n) is 3.93. The van der Waals surface area contributed by atoms with Crippen molar-refractivity contribution in [2.75, 3.05) is 17.7 Å². The molecule has 11 heteroatoms. The van der Waals surface area contributed by atoms with Gasteiger partial charge in [-0.2, -0.15) is 10.2 Å². The minimum Gasteiger partial charge on any atom is -0.377 e. The summed E-state index contributed by atoms with van der Waals surface area (Å²) in [5.74, 6) is 0.362. The van der Waals surface area contributed by atoms with Crippen molar-refractivity contribution in [3.63, 3.8) is 0 Å². The first-order valence-electron chi connectivity index (χ1n) is 8.18. The van der Waals surface area contributed by atoms with Crippen molar-refractivity contribution >= 4 is 44.9 Å². The van der Waals surface area contributed by atoms with Gasteiger partial charge in [-0.1, -0.05) is 11.6 Å². The molecule has 28 heavy (non-hydrogen) atoms. The van der Waals surface area contributed by atoms with Crippen molar-refractivity contribution in [3.05, 3.63) is 51.6 Å². The van der Waals surface area contributed by atoms with Gasteiger partial charge in [-0.25, -0.2) is 9.78 Å². The molecule has 0 saturated heterocycles. The Kier molecular flexibility index (Phi) is 6.22. The van der Waals surface area contributed by atoms with E-state index in [1.807, 2.05) is 13.8 Å². The SMILES string of the molecule is CO[C@@H](C)c1c(NC(=O)Nc2cnc(-n3nccn3)c(Cl)c2)cnc(C)c1Br. The lowest BCUT2D eigenvalue weighted by Crippen LogP contribution is -2.21. The monoisotopic (exact) mass is 465 g/mol. The second-order valence-electron chi connectivity index (χ2n) is 5.79. The van der Waals surface area contributed by atoms with Crippen LogP contribution in [0.5, 0.6) is 0 Å². The summed E-state index contributed by atoms with van der Waals surface area (Å²) in [5.41, 5.74) is 2.53. The third-order valence-corrected chi connectivity index (χ3v) is 5.21. The fraction of sp³-hybridized carbons (Fsp3) is 0.235. The predicted octanol–water partition coefficient (Wildman–Crippen LogP) is 4.13. The Labute approximate surface area is 174 Å². The van der Waals surface area contributed by atoms with E-state index in [4.69, 9.17) is 16.3 Å². The van der Waals surface area contributed by atoms with E-state index in [0.29, 0.717) is 22.2 Å². The van der Waals surface area contributed by atoms with E-state index in [-0.39, 0.29) is 6.10 Å². The van der Waals surface area contributed by atoms with Gasteiger partial charge < -0.3 is 15.4 Å². The van der Waals surface area contributed by atoms with Crippen LogP contribution >= 0.6 is 27.5 Å². The molecule has 3 heterocycles. The van der Waals surface area contributed by atoms with Crippen LogP contribution in [0.15, 0.2) is 35.3 Å². The zero-order chi connectivity index (χ0) is 20.3. The molecule has 0 fully saturated rings. The number of anilines is 2. The van der Waals surface area contributed by atoms with Crippen molar-refractivity contribution in [2.24, 2.45) is 0 Å². The van der Waals surface area contributed by atoms with E-state index in [2.05, 4.69) is 46.7 Å². The summed E-state index contributed by atoms with van der Waals surface area (Å²) in [4.78, 5) is 22.2. The number of amides is 2. The number of hydrogen-bond donors (Lipinski definition) is 2. The van der Waals surface area contributed by atoms with Gasteiger partial charge >= 0.3 is 6.03 Å². The first kappa shape index (κ1) is 20.2. The highest BCUT2D eigenvalue weighted by Crippen LogP contribution is 2.33. The van der Waals surface area contributed by atoms with Crippen LogP contribution in [-0.4, -0.2) is 38.1 Å². The Hall–Kier alpha value is -2.56. The Morgan fingerprint density at radius 3 is 2.61 bits per heavy atom. The average Bonchev–Trinajstić information content (AvgIpc) is 3.19. The second kappa shape index (κ2) is 8.63. The van der Waals surface area contributed by atoms with Crippen LogP contribution in [-0.2, 0) is 4.74 Å². The van der Waals surface area contributed by atoms with Crippen LogP contribution in [0.1, 0.15) is 24.3 Å². The van der Waals surface area contributed by atoms with E-state index < -0.39 is 6.03 Å². The lowest BCUT2D eigenvalue weighted by Gasteiger charge is -2.18. The van der Waals surface area contributed by atoms with Gasteiger partial charge in [0.2, 0.25) is 0 Å². The third kappa shape index (κ3) is 4.29. The van der Waals surface area contributed by atoms with E-state index in [1.165, 1.54) is 23.4 Å². The molecule has 0 bridgehead atoms. The zero-order valence-electron chi connectivity index (χ0n) is 15.3. The molecule has 3 aromatic heterocycles. The Balaban J connectivity index is 1.78. The van der Waals surface area contributed by atoms with E-state index >= 15 is 0 Å². The maximum absolute atomic E-state index is 12.5. The Morgan fingerprint density at radius 1 is 1.25 bits per heavy atom. The van der Waals surface area contributed by atoms with Gasteiger partial charge in [0.1, 0.15) is 0 Å². The first-order chi connectivity index (χ1) is 13.4. The number of halogens is 2. The summed E-state index contributed by atoms with van der Waals surface area (Å²) < 4.78 is 6.18. The van der Waals surface area contributed by atoms with Crippen molar-refractivity contribution in [2.45, 2.75) is 20.0 Å². The summed E-state index contributed by atoms with van der Waals surface area (Å²) in [6.07, 6.45) is 5.84. The fourth-order valence-electron chi connectivity index (χ4n) is 2.47. The number of aromatic nitrogens is 5. The number of hydrogen-bond acceptors (Lipinski definition) is 6. The number of rotatable bonds is 5. The number of carbonyl (C=O) groups excluding carboxylic acids is 1. The number of methoxy groups -OCH3 is 1. The summed E-state index contributed by atoms with van der Waals surface area (Å²) in [6, 6.07) is 1.10. The first-order valence-corrected chi connectivity index (χ1v) is 9.35. The molecule has 0 aliphatic carbocycles. The maximum atomic E-state index is 12.5. The second-order valence-corrected chi connectivity index (χ2v) is 6.99. The Bertz CT molecular complexity index is 997. The van der Waals surface area contributed by atoms with Crippen LogP contribution in [0.3, 0.4) is 0 Å². The molecular formula is C17H17BrClN7O2. The molecule has 0 aromatic carbocycles. The van der Waals surface area contributed by atoms with E-state index in [1.54, 1.807) is 19.4 Å². The summed E-state index contributed by atoms with van der Waals surface area (Å²) in [5, 5.41) is 13.7. The van der Waals surface area contributed by atoms with Crippen LogP contribution < -0.4 is 10.6 Å². The van der Waals surface area contributed by atoms with E-state index in [9.17, 15) is 4.79 Å². The largest absolute Gasteiger partial charge is 0.377 e. The summed E-state index contributed by atoms with van der Waals surface area (Å²) >= 11 is 9.73. The molecule has 0 saturated carbocycles. The highest BCUT2D eigenvalue weighted by atomic mass is 79.9. The molecule has 0 aliphatic heterocycles. The van der Waals surface area contributed by atoms with Crippen LogP contribution in [0.2, 0.25) is 5.02 Å². The van der Waals surface area contributed by atoms with Crippen molar-refractivity contribution in [1.29, 1.82) is 0 Å². The normalized spacial score (nSPS) is 11.9. The van der Waals surface area contributed by atoms with Crippen LogP contribution in [0, 0.1) is 6.92 Å². The highest BCUT2D eigenvalue weighted by molar-refractivity contribution is 9.10. The predicted molar refractivity (Wildman–Crippen MR) is 109 cm³/mol. The van der Waals surface area contributed by atoms with Crippen LogP contribution in [0.4, 0.5) is 16.2 Å². The zero-order valence-corrected chi connectivity index (χ0v) is 17.6. The molecule has 0 unspecified atom stereocenters. The molecule has 0 radical (unpaired) electrons. The molecule has 2 amide bonds. The average molecular weight is 467 g/mol.